The summed E-state index contributed by atoms with van der Waals surface area (Å²) in [6.07, 6.45) is 0.234. The number of nitrogens with zero attached hydrogens (tertiary/aromatic N) is 1. The number of hydrogen-bond donors (Lipinski definition) is 2. The van der Waals surface area contributed by atoms with Gasteiger partial charge in [-0.05, 0) is 24.6 Å². The lowest BCUT2D eigenvalue weighted by atomic mass is 10.3. The SMILES string of the molecule is O=S(=O)(CCCO)Nc1ccc2ncsc2c1. The van der Waals surface area contributed by atoms with E-state index < -0.39 is 10.0 Å². The summed E-state index contributed by atoms with van der Waals surface area (Å²) in [4.78, 5) is 4.11. The van der Waals surface area contributed by atoms with Gasteiger partial charge in [-0.3, -0.25) is 4.72 Å². The first-order valence-corrected chi connectivity index (χ1v) is 7.58. The smallest absolute Gasteiger partial charge is 0.232 e. The van der Waals surface area contributed by atoms with Crippen molar-refractivity contribution in [2.75, 3.05) is 17.1 Å². The Morgan fingerprint density at radius 1 is 1.41 bits per heavy atom. The number of nitrogens with one attached hydrogen (secondary N) is 1. The van der Waals surface area contributed by atoms with Gasteiger partial charge in [0.05, 0.1) is 27.2 Å². The number of benzene rings is 1. The van der Waals surface area contributed by atoms with Crippen LogP contribution in [0, 0.1) is 0 Å². The van der Waals surface area contributed by atoms with Crippen molar-refractivity contribution in [2.45, 2.75) is 6.42 Å². The van der Waals surface area contributed by atoms with Crippen LogP contribution in [0.2, 0.25) is 0 Å². The third-order valence-electron chi connectivity index (χ3n) is 2.18. The molecule has 2 rings (SSSR count). The fourth-order valence-corrected chi connectivity index (χ4v) is 3.22. The molecule has 0 aliphatic rings. The molecule has 0 spiro atoms. The van der Waals surface area contributed by atoms with Gasteiger partial charge in [0.25, 0.3) is 0 Å². The van der Waals surface area contributed by atoms with Crippen LogP contribution in [0.5, 0.6) is 0 Å². The zero-order valence-corrected chi connectivity index (χ0v) is 10.6. The minimum Gasteiger partial charge on any atom is -0.396 e. The largest absolute Gasteiger partial charge is 0.396 e. The standard InChI is InChI=1S/C10H12N2O3S2/c13-4-1-5-17(14,15)12-8-2-3-9-10(6-8)16-7-11-9/h2-3,6-7,12-13H,1,4-5H2. The molecule has 1 aromatic heterocycles. The third-order valence-corrected chi connectivity index (χ3v) is 4.34. The fourth-order valence-electron chi connectivity index (χ4n) is 1.40. The molecule has 0 fully saturated rings. The zero-order chi connectivity index (χ0) is 12.3. The van der Waals surface area contributed by atoms with E-state index >= 15 is 0 Å². The monoisotopic (exact) mass is 272 g/mol. The van der Waals surface area contributed by atoms with Crippen LogP contribution in [0.15, 0.2) is 23.7 Å². The number of fused-ring (bicyclic) bond motifs is 1. The second-order valence-electron chi connectivity index (χ2n) is 3.53. The Hall–Kier alpha value is -1.18. The summed E-state index contributed by atoms with van der Waals surface area (Å²) in [5.74, 6) is -0.0791. The van der Waals surface area contributed by atoms with Gasteiger partial charge in [0, 0.05) is 6.61 Å². The fraction of sp³-hybridized carbons (Fsp3) is 0.300. The van der Waals surface area contributed by atoms with Crippen LogP contribution in [0.4, 0.5) is 5.69 Å². The number of anilines is 1. The van der Waals surface area contributed by atoms with Gasteiger partial charge in [-0.15, -0.1) is 11.3 Å². The van der Waals surface area contributed by atoms with Crippen LogP contribution >= 0.6 is 11.3 Å². The van der Waals surface area contributed by atoms with Crippen LogP contribution in [0.25, 0.3) is 10.2 Å². The van der Waals surface area contributed by atoms with Crippen molar-refractivity contribution in [1.82, 2.24) is 4.98 Å². The van der Waals surface area contributed by atoms with Crippen LogP contribution in [0.1, 0.15) is 6.42 Å². The van der Waals surface area contributed by atoms with Gasteiger partial charge in [0.2, 0.25) is 10.0 Å². The van der Waals surface area contributed by atoms with E-state index in [4.69, 9.17) is 5.11 Å². The Morgan fingerprint density at radius 3 is 3.00 bits per heavy atom. The first-order valence-electron chi connectivity index (χ1n) is 5.05. The highest BCUT2D eigenvalue weighted by Crippen LogP contribution is 2.22. The molecule has 5 nitrogen and oxygen atoms in total. The number of aliphatic hydroxyl groups excluding tert-OH is 1. The van der Waals surface area contributed by atoms with E-state index in [1.807, 2.05) is 0 Å². The van der Waals surface area contributed by atoms with Gasteiger partial charge in [-0.25, -0.2) is 13.4 Å². The predicted octanol–water partition coefficient (Wildman–Crippen LogP) is 1.42. The molecule has 0 saturated carbocycles. The van der Waals surface area contributed by atoms with Crippen LogP contribution in [-0.4, -0.2) is 30.9 Å². The summed E-state index contributed by atoms with van der Waals surface area (Å²) in [7, 11) is -3.37. The van der Waals surface area contributed by atoms with E-state index in [0.717, 1.165) is 10.2 Å². The Labute approximate surface area is 103 Å². The van der Waals surface area contributed by atoms with Gasteiger partial charge < -0.3 is 5.11 Å². The molecule has 2 aromatic rings. The highest BCUT2D eigenvalue weighted by atomic mass is 32.2. The number of aromatic nitrogens is 1. The van der Waals surface area contributed by atoms with Crippen molar-refractivity contribution in [3.63, 3.8) is 0 Å². The van der Waals surface area contributed by atoms with Crippen molar-refractivity contribution < 1.29 is 13.5 Å². The van der Waals surface area contributed by atoms with Crippen molar-refractivity contribution in [3.05, 3.63) is 23.7 Å². The molecule has 0 saturated heterocycles. The molecule has 1 aromatic carbocycles. The minimum absolute atomic E-state index is 0.0791. The molecule has 7 heteroatoms. The van der Waals surface area contributed by atoms with Gasteiger partial charge in [-0.1, -0.05) is 0 Å². The van der Waals surface area contributed by atoms with Crippen molar-refractivity contribution >= 4 is 37.3 Å². The molecule has 0 amide bonds. The molecular formula is C10H12N2O3S2. The summed E-state index contributed by atoms with van der Waals surface area (Å²) in [6, 6.07) is 5.21. The second-order valence-corrected chi connectivity index (χ2v) is 6.26. The average Bonchev–Trinajstić information content (AvgIpc) is 2.73. The van der Waals surface area contributed by atoms with Crippen LogP contribution < -0.4 is 4.72 Å². The lowest BCUT2D eigenvalue weighted by molar-refractivity contribution is 0.295. The maximum absolute atomic E-state index is 11.6. The minimum atomic E-state index is -3.37. The lowest BCUT2D eigenvalue weighted by Gasteiger charge is -2.06. The number of sulfonamides is 1. The van der Waals surface area contributed by atoms with Gasteiger partial charge in [0.15, 0.2) is 0 Å². The second kappa shape index (κ2) is 4.99. The van der Waals surface area contributed by atoms with Crippen molar-refractivity contribution in [3.8, 4) is 0 Å². The molecule has 0 unspecified atom stereocenters. The van der Waals surface area contributed by atoms with Crippen molar-refractivity contribution in [1.29, 1.82) is 0 Å². The Kier molecular flexibility index (Phi) is 3.60. The highest BCUT2D eigenvalue weighted by molar-refractivity contribution is 7.92. The first kappa shape index (κ1) is 12.3. The predicted molar refractivity (Wildman–Crippen MR) is 68.7 cm³/mol. The van der Waals surface area contributed by atoms with E-state index in [2.05, 4.69) is 9.71 Å². The summed E-state index contributed by atoms with van der Waals surface area (Å²) < 4.78 is 26.6. The summed E-state index contributed by atoms with van der Waals surface area (Å²) in [5.41, 5.74) is 3.10. The van der Waals surface area contributed by atoms with E-state index in [0.29, 0.717) is 5.69 Å². The summed E-state index contributed by atoms with van der Waals surface area (Å²) >= 11 is 1.46. The topological polar surface area (TPSA) is 79.3 Å². The zero-order valence-electron chi connectivity index (χ0n) is 8.96. The molecule has 0 atom stereocenters. The normalized spacial score (nSPS) is 11.8. The molecule has 1 heterocycles. The lowest BCUT2D eigenvalue weighted by Crippen LogP contribution is -2.17. The Balaban J connectivity index is 2.17. The highest BCUT2D eigenvalue weighted by Gasteiger charge is 2.10. The van der Waals surface area contributed by atoms with Crippen LogP contribution in [0.3, 0.4) is 0 Å². The molecule has 0 bridgehead atoms. The maximum atomic E-state index is 11.6. The molecule has 0 aliphatic carbocycles. The van der Waals surface area contributed by atoms with E-state index in [1.165, 1.54) is 11.3 Å². The maximum Gasteiger partial charge on any atom is 0.232 e. The Bertz CT molecular complexity index is 607. The summed E-state index contributed by atoms with van der Waals surface area (Å²) in [6.45, 7) is -0.130. The third kappa shape index (κ3) is 3.15. The first-order chi connectivity index (χ1) is 8.11. The molecule has 0 radical (unpaired) electrons. The quantitative estimate of drug-likeness (QED) is 0.862. The molecule has 0 aliphatic heterocycles. The number of rotatable bonds is 5. The van der Waals surface area contributed by atoms with Gasteiger partial charge >= 0.3 is 0 Å². The van der Waals surface area contributed by atoms with E-state index in [9.17, 15) is 8.42 Å². The summed E-state index contributed by atoms with van der Waals surface area (Å²) in [5, 5.41) is 8.61. The number of aliphatic hydroxyl groups is 1. The van der Waals surface area contributed by atoms with Gasteiger partial charge in [0.1, 0.15) is 0 Å². The average molecular weight is 272 g/mol. The van der Waals surface area contributed by atoms with Gasteiger partial charge in [-0.2, -0.15) is 0 Å². The number of thiazole rings is 1. The molecule has 2 N–H and O–H groups in total. The number of hydrogen-bond acceptors (Lipinski definition) is 5. The Morgan fingerprint density at radius 2 is 2.24 bits per heavy atom. The molecular weight excluding hydrogens is 260 g/mol. The van der Waals surface area contributed by atoms with Crippen LogP contribution in [-0.2, 0) is 10.0 Å². The van der Waals surface area contributed by atoms with E-state index in [-0.39, 0.29) is 18.8 Å². The van der Waals surface area contributed by atoms with Crippen molar-refractivity contribution in [2.24, 2.45) is 0 Å². The van der Waals surface area contributed by atoms with E-state index in [1.54, 1.807) is 23.7 Å². The molecule has 17 heavy (non-hydrogen) atoms. The molecule has 92 valence electrons.